The summed E-state index contributed by atoms with van der Waals surface area (Å²) in [7, 11) is 1.82. The standard InChI is InChI=1S/C22H29ClN6O/c1-15-9-17-12-22(11-15,13-28-7-3-4-8-28)29(17)21(30)25-16-5-6-19(23)18(10-16)20-24-14-27(2)26-20/h5-6,10,14-15,17H,3-4,7-9,11-13H2,1-2H3,(H,25,30)/t15-,17-,22?/m1/s1. The molecule has 2 bridgehead atoms. The van der Waals surface area contributed by atoms with Crippen LogP contribution in [-0.2, 0) is 7.05 Å². The number of anilines is 1. The first-order valence-electron chi connectivity index (χ1n) is 10.9. The minimum Gasteiger partial charge on any atom is -0.314 e. The van der Waals surface area contributed by atoms with Crippen molar-refractivity contribution in [3.8, 4) is 11.4 Å². The number of hydrogen-bond acceptors (Lipinski definition) is 4. The van der Waals surface area contributed by atoms with E-state index in [0.29, 0.717) is 22.8 Å². The van der Waals surface area contributed by atoms with Crippen molar-refractivity contribution in [2.75, 3.05) is 25.0 Å². The van der Waals surface area contributed by atoms with Crippen molar-refractivity contribution in [2.45, 2.75) is 50.6 Å². The van der Waals surface area contributed by atoms with Gasteiger partial charge in [-0.2, -0.15) is 5.10 Å². The maximum absolute atomic E-state index is 13.4. The van der Waals surface area contributed by atoms with Crippen LogP contribution in [0.5, 0.6) is 0 Å². The van der Waals surface area contributed by atoms with Crippen molar-refractivity contribution in [3.05, 3.63) is 29.5 Å². The van der Waals surface area contributed by atoms with E-state index in [4.69, 9.17) is 11.6 Å². The Bertz CT molecular complexity index is 955. The number of nitrogens with one attached hydrogen (secondary N) is 1. The van der Waals surface area contributed by atoms with Gasteiger partial charge in [0.1, 0.15) is 6.33 Å². The molecule has 3 aliphatic heterocycles. The van der Waals surface area contributed by atoms with Crippen molar-refractivity contribution in [1.82, 2.24) is 24.6 Å². The van der Waals surface area contributed by atoms with E-state index in [-0.39, 0.29) is 11.6 Å². The van der Waals surface area contributed by atoms with Crippen molar-refractivity contribution in [1.29, 1.82) is 0 Å². The quantitative estimate of drug-likeness (QED) is 0.799. The number of nitrogens with zero attached hydrogens (tertiary/aromatic N) is 5. The van der Waals surface area contributed by atoms with Crippen LogP contribution in [0.15, 0.2) is 24.5 Å². The second-order valence-electron chi connectivity index (χ2n) is 9.35. The van der Waals surface area contributed by atoms with Gasteiger partial charge in [-0.1, -0.05) is 18.5 Å². The molecule has 1 unspecified atom stereocenters. The molecule has 160 valence electrons. The Hall–Kier alpha value is -2.12. The smallest absolute Gasteiger partial charge is 0.314 e. The lowest BCUT2D eigenvalue weighted by molar-refractivity contribution is -0.102. The number of fused-ring (bicyclic) bond motifs is 2. The summed E-state index contributed by atoms with van der Waals surface area (Å²) in [5.41, 5.74) is 1.43. The Kier molecular flexibility index (Phi) is 4.98. The minimum absolute atomic E-state index is 0.000371. The second-order valence-corrected chi connectivity index (χ2v) is 9.75. The lowest BCUT2D eigenvalue weighted by Gasteiger charge is -2.64. The summed E-state index contributed by atoms with van der Waals surface area (Å²) in [5.74, 6) is 1.23. The third-order valence-electron chi connectivity index (χ3n) is 6.89. The van der Waals surface area contributed by atoms with Crippen LogP contribution in [-0.4, -0.2) is 61.8 Å². The number of aryl methyl sites for hydroxylation is 1. The molecule has 3 atom stereocenters. The monoisotopic (exact) mass is 428 g/mol. The summed E-state index contributed by atoms with van der Waals surface area (Å²) in [6, 6.07) is 5.85. The number of urea groups is 1. The van der Waals surface area contributed by atoms with Crippen LogP contribution in [0, 0.1) is 5.92 Å². The number of carbonyl (C=O) groups excluding carboxylic acids is 1. The predicted molar refractivity (Wildman–Crippen MR) is 118 cm³/mol. The fourth-order valence-electron chi connectivity index (χ4n) is 5.83. The first-order chi connectivity index (χ1) is 14.4. The average Bonchev–Trinajstić information content (AvgIpc) is 3.34. The SMILES string of the molecule is C[C@@H]1C[C@@H]2CC(CN3CCCC3)(C1)N2C(=O)Nc1ccc(Cl)c(-c2ncn(C)n2)c1. The van der Waals surface area contributed by atoms with E-state index < -0.39 is 0 Å². The van der Waals surface area contributed by atoms with Gasteiger partial charge in [0.25, 0.3) is 0 Å². The summed E-state index contributed by atoms with van der Waals surface area (Å²) >= 11 is 6.37. The summed E-state index contributed by atoms with van der Waals surface area (Å²) in [5, 5.41) is 8.04. The highest BCUT2D eigenvalue weighted by molar-refractivity contribution is 6.33. The van der Waals surface area contributed by atoms with E-state index in [2.05, 4.69) is 32.1 Å². The van der Waals surface area contributed by atoms with Crippen LogP contribution in [0.25, 0.3) is 11.4 Å². The molecule has 3 saturated heterocycles. The van der Waals surface area contributed by atoms with Gasteiger partial charge in [-0.05, 0) is 69.3 Å². The number of rotatable bonds is 4. The Morgan fingerprint density at radius 2 is 2.10 bits per heavy atom. The molecule has 7 nitrogen and oxygen atoms in total. The third-order valence-corrected chi connectivity index (χ3v) is 7.22. The van der Waals surface area contributed by atoms with Crippen LogP contribution in [0.3, 0.4) is 0 Å². The Balaban J connectivity index is 1.35. The van der Waals surface area contributed by atoms with E-state index >= 15 is 0 Å². The predicted octanol–water partition coefficient (Wildman–Crippen LogP) is 4.01. The third kappa shape index (κ3) is 3.48. The molecule has 1 N–H and O–H groups in total. The Morgan fingerprint density at radius 3 is 2.83 bits per heavy atom. The molecule has 1 aromatic heterocycles. The average molecular weight is 429 g/mol. The Morgan fingerprint density at radius 1 is 1.30 bits per heavy atom. The number of carbonyl (C=O) groups is 1. The summed E-state index contributed by atoms with van der Waals surface area (Å²) in [6.45, 7) is 5.65. The van der Waals surface area contributed by atoms with Gasteiger partial charge < -0.3 is 15.1 Å². The van der Waals surface area contributed by atoms with Crippen LogP contribution in [0.1, 0.15) is 39.0 Å². The number of likely N-dealkylation sites (tertiary alicyclic amines) is 1. The van der Waals surface area contributed by atoms with Gasteiger partial charge in [-0.25, -0.2) is 9.78 Å². The molecule has 2 aromatic rings. The van der Waals surface area contributed by atoms with Gasteiger partial charge in [0.15, 0.2) is 5.82 Å². The van der Waals surface area contributed by atoms with Crippen molar-refractivity contribution >= 4 is 23.3 Å². The fourth-order valence-corrected chi connectivity index (χ4v) is 6.04. The zero-order valence-electron chi connectivity index (χ0n) is 17.6. The minimum atomic E-state index is -0.0193. The zero-order chi connectivity index (χ0) is 20.9. The van der Waals surface area contributed by atoms with Crippen LogP contribution in [0.4, 0.5) is 10.5 Å². The van der Waals surface area contributed by atoms with Gasteiger partial charge in [0, 0.05) is 30.9 Å². The topological polar surface area (TPSA) is 66.3 Å². The van der Waals surface area contributed by atoms with Gasteiger partial charge in [-0.15, -0.1) is 0 Å². The van der Waals surface area contributed by atoms with Gasteiger partial charge in [0.2, 0.25) is 0 Å². The molecular formula is C22H29ClN6O. The van der Waals surface area contributed by atoms with E-state index in [1.807, 2.05) is 19.2 Å². The number of halogens is 1. The van der Waals surface area contributed by atoms with Crippen molar-refractivity contribution in [2.24, 2.45) is 13.0 Å². The summed E-state index contributed by atoms with van der Waals surface area (Å²) in [4.78, 5) is 22.3. The zero-order valence-corrected chi connectivity index (χ0v) is 18.4. The Labute approximate surface area is 182 Å². The lowest BCUT2D eigenvalue weighted by Crippen LogP contribution is -2.75. The molecule has 0 radical (unpaired) electrons. The fraction of sp³-hybridized carbons (Fsp3) is 0.591. The van der Waals surface area contributed by atoms with Crippen LogP contribution >= 0.6 is 11.6 Å². The second kappa shape index (κ2) is 7.54. The molecule has 4 aliphatic rings. The largest absolute Gasteiger partial charge is 0.322 e. The van der Waals surface area contributed by atoms with Crippen LogP contribution < -0.4 is 5.32 Å². The van der Waals surface area contributed by atoms with E-state index in [1.54, 1.807) is 17.1 Å². The normalized spacial score (nSPS) is 28.4. The first kappa shape index (κ1) is 19.8. The maximum atomic E-state index is 13.4. The van der Waals surface area contributed by atoms with Gasteiger partial charge in [-0.3, -0.25) is 4.68 Å². The molecule has 1 aromatic carbocycles. The number of hydrogen-bond donors (Lipinski definition) is 1. The summed E-state index contributed by atoms with van der Waals surface area (Å²) < 4.78 is 1.64. The molecular weight excluding hydrogens is 400 g/mol. The van der Waals surface area contributed by atoms with Crippen LogP contribution in [0.2, 0.25) is 5.02 Å². The molecule has 2 amide bonds. The molecule has 1 aliphatic carbocycles. The molecule has 0 spiro atoms. The number of aromatic nitrogens is 3. The van der Waals surface area contributed by atoms with E-state index in [1.165, 1.54) is 12.8 Å². The first-order valence-corrected chi connectivity index (χ1v) is 11.3. The van der Waals surface area contributed by atoms with Gasteiger partial charge in [0.05, 0.1) is 10.6 Å². The summed E-state index contributed by atoms with van der Waals surface area (Å²) in [6.07, 6.45) is 7.51. The van der Waals surface area contributed by atoms with E-state index in [0.717, 1.165) is 50.1 Å². The van der Waals surface area contributed by atoms with Crippen molar-refractivity contribution < 1.29 is 4.79 Å². The maximum Gasteiger partial charge on any atom is 0.322 e. The highest BCUT2D eigenvalue weighted by Gasteiger charge is 2.58. The highest BCUT2D eigenvalue weighted by atomic mass is 35.5. The van der Waals surface area contributed by atoms with Gasteiger partial charge >= 0.3 is 6.03 Å². The molecule has 4 fully saturated rings. The molecule has 1 saturated carbocycles. The lowest BCUT2D eigenvalue weighted by atomic mass is 9.64. The van der Waals surface area contributed by atoms with E-state index in [9.17, 15) is 4.79 Å². The number of amides is 2. The highest BCUT2D eigenvalue weighted by Crippen LogP contribution is 2.50. The molecule has 6 rings (SSSR count). The molecule has 8 heteroatoms. The number of piperidine rings is 1. The van der Waals surface area contributed by atoms with Crippen molar-refractivity contribution in [3.63, 3.8) is 0 Å². The number of benzene rings is 1. The molecule has 30 heavy (non-hydrogen) atoms. The molecule has 4 heterocycles.